The molecule has 45 heavy (non-hydrogen) atoms. The third-order valence-corrected chi connectivity index (χ3v) is 10.0. The molecule has 4 aliphatic carbocycles. The van der Waals surface area contributed by atoms with Crippen LogP contribution < -0.4 is 15.0 Å². The van der Waals surface area contributed by atoms with Gasteiger partial charge in [0.1, 0.15) is 5.75 Å². The summed E-state index contributed by atoms with van der Waals surface area (Å²) in [5.74, 6) is 10.1. The minimum absolute atomic E-state index is 0.0683. The number of hydrogen-bond acceptors (Lipinski definition) is 7. The fourth-order valence-corrected chi connectivity index (χ4v) is 8.40. The average Bonchev–Trinajstić information content (AvgIpc) is 3.06. The highest BCUT2D eigenvalue weighted by molar-refractivity contribution is 5.94. The monoisotopic (exact) mass is 604 g/mol. The summed E-state index contributed by atoms with van der Waals surface area (Å²) in [4.78, 5) is 34.5. The number of amides is 2. The van der Waals surface area contributed by atoms with E-state index >= 15 is 0 Å². The molecule has 2 aromatic heterocycles. The van der Waals surface area contributed by atoms with Gasteiger partial charge in [-0.15, -0.1) is 10.2 Å². The number of nitrogens with zero attached hydrogens (tertiary/aromatic N) is 5. The van der Waals surface area contributed by atoms with Gasteiger partial charge in [-0.25, -0.2) is 0 Å². The Morgan fingerprint density at radius 2 is 1.64 bits per heavy atom. The number of benzene rings is 1. The zero-order chi connectivity index (χ0) is 30.8. The molecule has 3 aromatic rings. The third kappa shape index (κ3) is 6.51. The van der Waals surface area contributed by atoms with Crippen molar-refractivity contribution >= 4 is 17.6 Å². The summed E-state index contributed by atoms with van der Waals surface area (Å²) in [5.41, 5.74) is 2.68. The molecule has 5 aliphatic rings. The van der Waals surface area contributed by atoms with Gasteiger partial charge in [-0.3, -0.25) is 14.6 Å². The number of piperazine rings is 1. The molecule has 9 nitrogen and oxygen atoms in total. The van der Waals surface area contributed by atoms with Crippen LogP contribution in [0.3, 0.4) is 0 Å². The van der Waals surface area contributed by atoms with Crippen molar-refractivity contribution in [3.8, 4) is 17.6 Å². The number of anilines is 1. The Morgan fingerprint density at radius 3 is 2.33 bits per heavy atom. The lowest BCUT2D eigenvalue weighted by Crippen LogP contribution is -2.51. The normalized spacial score (nSPS) is 25.0. The van der Waals surface area contributed by atoms with E-state index in [0.29, 0.717) is 55.4 Å². The van der Waals surface area contributed by atoms with Crippen molar-refractivity contribution in [3.05, 3.63) is 77.2 Å². The number of rotatable bonds is 7. The molecule has 8 rings (SSSR count). The maximum absolute atomic E-state index is 13.3. The second kappa shape index (κ2) is 12.5. The Bertz CT molecular complexity index is 1580. The van der Waals surface area contributed by atoms with Gasteiger partial charge in [0.05, 0.1) is 12.2 Å². The number of nitrogens with one attached hydrogen (secondary N) is 1. The molecular formula is C36H40N6O3. The molecule has 232 valence electrons. The minimum Gasteiger partial charge on any atom is -0.494 e. The third-order valence-electron chi connectivity index (χ3n) is 10.0. The highest BCUT2D eigenvalue weighted by Gasteiger charge is 2.50. The van der Waals surface area contributed by atoms with E-state index < -0.39 is 0 Å². The molecule has 1 N–H and O–H groups in total. The van der Waals surface area contributed by atoms with Gasteiger partial charge in [-0.05, 0) is 105 Å². The Kier molecular flexibility index (Phi) is 8.14. The number of hydrogen-bond donors (Lipinski definition) is 1. The van der Waals surface area contributed by atoms with Crippen molar-refractivity contribution in [3.63, 3.8) is 0 Å². The summed E-state index contributed by atoms with van der Waals surface area (Å²) in [6, 6.07) is 13.1. The first-order chi connectivity index (χ1) is 21.9. The Labute approximate surface area is 264 Å². The number of carbonyl (C=O) groups excluding carboxylic acids is 2. The van der Waals surface area contributed by atoms with Crippen LogP contribution in [0.4, 0.5) is 5.82 Å². The molecule has 3 heterocycles. The minimum atomic E-state index is -0.139. The van der Waals surface area contributed by atoms with Gasteiger partial charge in [-0.2, -0.15) is 0 Å². The maximum Gasteiger partial charge on any atom is 0.271 e. The topological polar surface area (TPSA) is 101 Å². The largest absolute Gasteiger partial charge is 0.494 e. The Hall–Kier alpha value is -4.45. The van der Waals surface area contributed by atoms with Crippen LogP contribution in [0.5, 0.6) is 5.75 Å². The molecule has 1 aliphatic heterocycles. The number of carbonyl (C=O) groups is 2. The zero-order valence-electron chi connectivity index (χ0n) is 25.9. The fourth-order valence-electron chi connectivity index (χ4n) is 8.40. The van der Waals surface area contributed by atoms with Crippen molar-refractivity contribution in [1.82, 2.24) is 25.4 Å². The first kappa shape index (κ1) is 29.3. The quantitative estimate of drug-likeness (QED) is 0.394. The van der Waals surface area contributed by atoms with E-state index in [0.717, 1.165) is 35.6 Å². The van der Waals surface area contributed by atoms with Gasteiger partial charge >= 0.3 is 0 Å². The predicted molar refractivity (Wildman–Crippen MR) is 171 cm³/mol. The molecule has 1 aromatic carbocycles. The van der Waals surface area contributed by atoms with Gasteiger partial charge in [0.2, 0.25) is 0 Å². The highest BCUT2D eigenvalue weighted by Crippen LogP contribution is 2.59. The van der Waals surface area contributed by atoms with Crippen LogP contribution in [-0.4, -0.2) is 71.2 Å². The molecule has 4 bridgehead atoms. The van der Waals surface area contributed by atoms with E-state index in [-0.39, 0.29) is 17.2 Å². The number of aromatic nitrogens is 3. The van der Waals surface area contributed by atoms with Crippen molar-refractivity contribution < 1.29 is 14.3 Å². The van der Waals surface area contributed by atoms with Crippen LogP contribution in [0.2, 0.25) is 0 Å². The van der Waals surface area contributed by atoms with E-state index in [1.165, 1.54) is 38.5 Å². The predicted octanol–water partition coefficient (Wildman–Crippen LogP) is 4.58. The molecule has 0 spiro atoms. The summed E-state index contributed by atoms with van der Waals surface area (Å²) in [6.45, 7) is 5.65. The lowest BCUT2D eigenvalue weighted by Gasteiger charge is -2.56. The van der Waals surface area contributed by atoms with Crippen molar-refractivity contribution in [2.75, 3.05) is 44.2 Å². The molecule has 2 amide bonds. The summed E-state index contributed by atoms with van der Waals surface area (Å²) >= 11 is 0. The zero-order valence-corrected chi connectivity index (χ0v) is 25.9. The molecule has 0 atom stereocenters. The van der Waals surface area contributed by atoms with Crippen LogP contribution in [0.25, 0.3) is 0 Å². The first-order valence-electron chi connectivity index (χ1n) is 16.3. The standard InChI is InChI=1S/C36H40N6O3/c1-2-45-31-5-3-4-25(18-31)6-7-26-17-30(23-37-22-26)35(44)42-12-10-41(11-13-42)33-9-8-32(39-40-33)34(43)38-24-36-19-27-14-28(20-36)16-29(15-27)21-36/h3-5,8-9,17-18,22-23,27-29H,2,10-16,19-21,24H2,1H3,(H,38,43). The van der Waals surface area contributed by atoms with Gasteiger partial charge in [0.25, 0.3) is 11.8 Å². The maximum atomic E-state index is 13.3. The number of ether oxygens (including phenoxy) is 1. The van der Waals surface area contributed by atoms with Crippen LogP contribution in [-0.2, 0) is 0 Å². The van der Waals surface area contributed by atoms with Crippen molar-refractivity contribution in [1.29, 1.82) is 0 Å². The average molecular weight is 605 g/mol. The lowest BCUT2D eigenvalue weighted by molar-refractivity contribution is -0.0503. The second-order valence-corrected chi connectivity index (χ2v) is 13.3. The molecule has 0 unspecified atom stereocenters. The van der Waals surface area contributed by atoms with E-state index in [9.17, 15) is 9.59 Å². The number of pyridine rings is 1. The Balaban J connectivity index is 0.913. The SMILES string of the molecule is CCOc1cccc(C#Cc2cncc(C(=O)N3CCN(c4ccc(C(=O)NCC56CC7CC(CC(C7)C5)C6)nn4)CC3)c2)c1. The van der Waals surface area contributed by atoms with Crippen LogP contribution in [0.15, 0.2) is 54.9 Å². The van der Waals surface area contributed by atoms with E-state index in [1.54, 1.807) is 24.5 Å². The summed E-state index contributed by atoms with van der Waals surface area (Å²) < 4.78 is 5.55. The van der Waals surface area contributed by atoms with Gasteiger partial charge in [-0.1, -0.05) is 17.9 Å². The first-order valence-corrected chi connectivity index (χ1v) is 16.3. The summed E-state index contributed by atoms with van der Waals surface area (Å²) in [5, 5.41) is 11.8. The second-order valence-electron chi connectivity index (χ2n) is 13.3. The van der Waals surface area contributed by atoms with Crippen LogP contribution >= 0.6 is 0 Å². The van der Waals surface area contributed by atoms with Crippen LogP contribution in [0.1, 0.15) is 77.4 Å². The van der Waals surface area contributed by atoms with E-state index in [4.69, 9.17) is 4.74 Å². The molecular weight excluding hydrogens is 564 g/mol. The van der Waals surface area contributed by atoms with Crippen LogP contribution in [0, 0.1) is 35.0 Å². The fraction of sp³-hybridized carbons (Fsp3) is 0.472. The lowest BCUT2D eigenvalue weighted by atomic mass is 9.49. The Morgan fingerprint density at radius 1 is 0.911 bits per heavy atom. The molecule has 9 heteroatoms. The van der Waals surface area contributed by atoms with Gasteiger partial charge in [0.15, 0.2) is 11.5 Å². The summed E-state index contributed by atoms with van der Waals surface area (Å²) in [6.07, 6.45) is 11.2. The van der Waals surface area contributed by atoms with Crippen molar-refractivity contribution in [2.45, 2.75) is 45.4 Å². The molecule has 4 saturated carbocycles. The van der Waals surface area contributed by atoms with Gasteiger partial charge < -0.3 is 19.9 Å². The van der Waals surface area contributed by atoms with E-state index in [1.807, 2.05) is 42.2 Å². The molecule has 1 saturated heterocycles. The van der Waals surface area contributed by atoms with Gasteiger partial charge in [0, 0.05) is 56.2 Å². The molecule has 0 radical (unpaired) electrons. The highest BCUT2D eigenvalue weighted by atomic mass is 16.5. The smallest absolute Gasteiger partial charge is 0.271 e. The molecule has 5 fully saturated rings. The van der Waals surface area contributed by atoms with E-state index in [2.05, 4.69) is 37.2 Å². The van der Waals surface area contributed by atoms with Crippen molar-refractivity contribution in [2.24, 2.45) is 23.2 Å². The summed E-state index contributed by atoms with van der Waals surface area (Å²) in [7, 11) is 0.